The summed E-state index contributed by atoms with van der Waals surface area (Å²) in [5, 5.41) is 2.95. The van der Waals surface area contributed by atoms with Crippen LogP contribution in [0.25, 0.3) is 0 Å². The summed E-state index contributed by atoms with van der Waals surface area (Å²) >= 11 is 3.48. The van der Waals surface area contributed by atoms with E-state index in [1.807, 2.05) is 56.3 Å². The first-order valence-electron chi connectivity index (χ1n) is 7.76. The van der Waals surface area contributed by atoms with Crippen molar-refractivity contribution in [2.24, 2.45) is 0 Å². The highest BCUT2D eigenvalue weighted by molar-refractivity contribution is 9.10. The molecule has 23 heavy (non-hydrogen) atoms. The van der Waals surface area contributed by atoms with Gasteiger partial charge in [0.1, 0.15) is 5.75 Å². The van der Waals surface area contributed by atoms with Crippen molar-refractivity contribution in [2.75, 3.05) is 6.61 Å². The summed E-state index contributed by atoms with van der Waals surface area (Å²) in [4.78, 5) is 12.1. The summed E-state index contributed by atoms with van der Waals surface area (Å²) in [5.41, 5.74) is 3.51. The molecule has 2 aromatic carbocycles. The molecule has 0 aliphatic heterocycles. The molecule has 0 bridgehead atoms. The van der Waals surface area contributed by atoms with Gasteiger partial charge in [0, 0.05) is 0 Å². The maximum atomic E-state index is 12.1. The summed E-state index contributed by atoms with van der Waals surface area (Å²) in [7, 11) is 0. The first kappa shape index (κ1) is 17.5. The molecule has 3 nitrogen and oxygen atoms in total. The van der Waals surface area contributed by atoms with Gasteiger partial charge in [0.2, 0.25) is 0 Å². The first-order valence-corrected chi connectivity index (χ1v) is 8.56. The maximum Gasteiger partial charge on any atom is 0.258 e. The van der Waals surface area contributed by atoms with E-state index in [1.165, 1.54) is 11.1 Å². The monoisotopic (exact) mass is 375 g/mol. The van der Waals surface area contributed by atoms with Crippen LogP contribution in [0, 0.1) is 6.92 Å². The SMILES string of the molecule is CCc1ccc(OCC(=O)NC(C)c2ccc(C)cc2)c(Br)c1. The van der Waals surface area contributed by atoms with Crippen molar-refractivity contribution < 1.29 is 9.53 Å². The van der Waals surface area contributed by atoms with Crippen molar-refractivity contribution in [1.82, 2.24) is 5.32 Å². The van der Waals surface area contributed by atoms with Crippen LogP contribution in [0.2, 0.25) is 0 Å². The quantitative estimate of drug-likeness (QED) is 0.802. The zero-order valence-corrected chi connectivity index (χ0v) is 15.3. The molecule has 122 valence electrons. The van der Waals surface area contributed by atoms with Gasteiger partial charge in [-0.3, -0.25) is 4.79 Å². The van der Waals surface area contributed by atoms with E-state index in [2.05, 4.69) is 28.2 Å². The zero-order chi connectivity index (χ0) is 16.8. The van der Waals surface area contributed by atoms with Crippen LogP contribution in [0.1, 0.15) is 36.6 Å². The van der Waals surface area contributed by atoms with Crippen LogP contribution < -0.4 is 10.1 Å². The normalized spacial score (nSPS) is 11.8. The van der Waals surface area contributed by atoms with Crippen LogP contribution in [0.4, 0.5) is 0 Å². The number of hydrogen-bond donors (Lipinski definition) is 1. The Labute approximate surface area is 146 Å². The van der Waals surface area contributed by atoms with E-state index >= 15 is 0 Å². The molecule has 0 fully saturated rings. The number of benzene rings is 2. The third kappa shape index (κ3) is 5.10. The van der Waals surface area contributed by atoms with Gasteiger partial charge in [0.25, 0.3) is 5.91 Å². The van der Waals surface area contributed by atoms with Crippen molar-refractivity contribution in [3.63, 3.8) is 0 Å². The van der Waals surface area contributed by atoms with Crippen molar-refractivity contribution in [1.29, 1.82) is 0 Å². The Morgan fingerprint density at radius 3 is 2.52 bits per heavy atom. The van der Waals surface area contributed by atoms with E-state index < -0.39 is 0 Å². The van der Waals surface area contributed by atoms with Gasteiger partial charge in [-0.1, -0.05) is 42.8 Å². The molecule has 1 N–H and O–H groups in total. The third-order valence-electron chi connectivity index (χ3n) is 3.72. The minimum atomic E-state index is -0.135. The number of hydrogen-bond acceptors (Lipinski definition) is 2. The molecule has 0 spiro atoms. The summed E-state index contributed by atoms with van der Waals surface area (Å²) in [5.74, 6) is 0.546. The Morgan fingerprint density at radius 2 is 1.91 bits per heavy atom. The van der Waals surface area contributed by atoms with Crippen LogP contribution in [-0.2, 0) is 11.2 Å². The second kappa shape index (κ2) is 8.16. The van der Waals surface area contributed by atoms with Gasteiger partial charge in [-0.25, -0.2) is 0 Å². The highest BCUT2D eigenvalue weighted by Gasteiger charge is 2.11. The highest BCUT2D eigenvalue weighted by atomic mass is 79.9. The van der Waals surface area contributed by atoms with Gasteiger partial charge in [0.05, 0.1) is 10.5 Å². The topological polar surface area (TPSA) is 38.3 Å². The smallest absolute Gasteiger partial charge is 0.258 e. The number of carbonyl (C=O) groups excluding carboxylic acids is 1. The summed E-state index contributed by atoms with van der Waals surface area (Å²) in [6, 6.07) is 14.0. The van der Waals surface area contributed by atoms with Gasteiger partial charge >= 0.3 is 0 Å². The van der Waals surface area contributed by atoms with E-state index in [1.54, 1.807) is 0 Å². The lowest BCUT2D eigenvalue weighted by atomic mass is 10.1. The fourth-order valence-electron chi connectivity index (χ4n) is 2.25. The number of amides is 1. The standard InChI is InChI=1S/C19H22BrNO2/c1-4-15-7-10-18(17(20)11-15)23-12-19(22)21-14(3)16-8-5-13(2)6-9-16/h5-11,14H,4,12H2,1-3H3,(H,21,22). The Bertz CT molecular complexity index is 668. The lowest BCUT2D eigenvalue weighted by molar-refractivity contribution is -0.123. The van der Waals surface area contributed by atoms with Crippen LogP contribution in [0.3, 0.4) is 0 Å². The van der Waals surface area contributed by atoms with Gasteiger partial charge in [-0.15, -0.1) is 0 Å². The maximum absolute atomic E-state index is 12.1. The van der Waals surface area contributed by atoms with Crippen LogP contribution in [0.15, 0.2) is 46.9 Å². The molecule has 0 saturated heterocycles. The van der Waals surface area contributed by atoms with Crippen LogP contribution >= 0.6 is 15.9 Å². The van der Waals surface area contributed by atoms with Gasteiger partial charge < -0.3 is 10.1 Å². The summed E-state index contributed by atoms with van der Waals surface area (Å²) in [6.45, 7) is 6.11. The van der Waals surface area contributed by atoms with Gasteiger partial charge in [-0.2, -0.15) is 0 Å². The molecule has 0 heterocycles. The molecular formula is C19H22BrNO2. The number of carbonyl (C=O) groups is 1. The third-order valence-corrected chi connectivity index (χ3v) is 4.34. The Hall–Kier alpha value is -1.81. The lowest BCUT2D eigenvalue weighted by Gasteiger charge is -2.15. The Balaban J connectivity index is 1.88. The molecule has 1 unspecified atom stereocenters. The fraction of sp³-hybridized carbons (Fsp3) is 0.316. The molecule has 0 aromatic heterocycles. The molecule has 0 saturated carbocycles. The average molecular weight is 376 g/mol. The number of halogens is 1. The van der Waals surface area contributed by atoms with Crippen molar-refractivity contribution in [3.8, 4) is 5.75 Å². The second-order valence-corrected chi connectivity index (χ2v) is 6.46. The highest BCUT2D eigenvalue weighted by Crippen LogP contribution is 2.26. The van der Waals surface area contributed by atoms with E-state index in [9.17, 15) is 4.79 Å². The van der Waals surface area contributed by atoms with Crippen molar-refractivity contribution in [2.45, 2.75) is 33.2 Å². The fourth-order valence-corrected chi connectivity index (χ4v) is 2.79. The predicted octanol–water partition coefficient (Wildman–Crippen LogP) is 4.58. The molecule has 2 rings (SSSR count). The molecule has 4 heteroatoms. The molecule has 0 radical (unpaired) electrons. The number of rotatable bonds is 6. The number of aryl methyl sites for hydroxylation is 2. The molecule has 0 aliphatic rings. The average Bonchev–Trinajstić information content (AvgIpc) is 2.54. The summed E-state index contributed by atoms with van der Waals surface area (Å²) < 4.78 is 6.47. The molecular weight excluding hydrogens is 354 g/mol. The molecule has 1 amide bonds. The zero-order valence-electron chi connectivity index (χ0n) is 13.7. The predicted molar refractivity (Wildman–Crippen MR) is 96.8 cm³/mol. The number of ether oxygens (including phenoxy) is 1. The minimum Gasteiger partial charge on any atom is -0.483 e. The molecule has 2 aromatic rings. The van der Waals surface area contributed by atoms with Crippen LogP contribution in [-0.4, -0.2) is 12.5 Å². The van der Waals surface area contributed by atoms with E-state index in [0.29, 0.717) is 5.75 Å². The van der Waals surface area contributed by atoms with E-state index in [4.69, 9.17) is 4.74 Å². The minimum absolute atomic E-state index is 0.000271. The Morgan fingerprint density at radius 1 is 1.22 bits per heavy atom. The number of nitrogens with one attached hydrogen (secondary N) is 1. The molecule has 1 atom stereocenters. The van der Waals surface area contributed by atoms with Crippen molar-refractivity contribution in [3.05, 3.63) is 63.6 Å². The van der Waals surface area contributed by atoms with Crippen LogP contribution in [0.5, 0.6) is 5.75 Å². The van der Waals surface area contributed by atoms with Gasteiger partial charge in [0.15, 0.2) is 6.61 Å². The van der Waals surface area contributed by atoms with Crippen molar-refractivity contribution >= 4 is 21.8 Å². The lowest BCUT2D eigenvalue weighted by Crippen LogP contribution is -2.31. The molecule has 0 aliphatic carbocycles. The van der Waals surface area contributed by atoms with E-state index in [-0.39, 0.29) is 18.6 Å². The van der Waals surface area contributed by atoms with E-state index in [0.717, 1.165) is 16.5 Å². The second-order valence-electron chi connectivity index (χ2n) is 5.61. The van der Waals surface area contributed by atoms with Gasteiger partial charge in [-0.05, 0) is 59.5 Å². The first-order chi connectivity index (χ1) is 11.0. The Kier molecular flexibility index (Phi) is 6.22. The largest absolute Gasteiger partial charge is 0.483 e. The summed E-state index contributed by atoms with van der Waals surface area (Å²) in [6.07, 6.45) is 0.966.